The monoisotopic (exact) mass is 497 g/mol. The van der Waals surface area contributed by atoms with Crippen LogP contribution in [0.1, 0.15) is 47.5 Å². The van der Waals surface area contributed by atoms with E-state index in [0.29, 0.717) is 19.4 Å². The molecule has 13 nitrogen and oxygen atoms in total. The molecule has 1 aliphatic heterocycles. The van der Waals surface area contributed by atoms with Crippen molar-refractivity contribution in [3.8, 4) is 0 Å². The lowest BCUT2D eigenvalue weighted by atomic mass is 10.0. The minimum absolute atomic E-state index is 0.101. The predicted molar refractivity (Wildman–Crippen MR) is 127 cm³/mol. The fourth-order valence-corrected chi connectivity index (χ4v) is 3.56. The van der Waals surface area contributed by atoms with Crippen LogP contribution in [0.5, 0.6) is 0 Å². The molecule has 8 N–H and O–H groups in total. The molecule has 1 heterocycles. The molecule has 13 heteroatoms. The Morgan fingerprint density at radius 1 is 0.886 bits per heavy atom. The van der Waals surface area contributed by atoms with Gasteiger partial charge < -0.3 is 37.6 Å². The number of hydrogen-bond donors (Lipinski definition) is 6. The van der Waals surface area contributed by atoms with Crippen LogP contribution >= 0.6 is 0 Å². The first-order valence-corrected chi connectivity index (χ1v) is 11.8. The lowest BCUT2D eigenvalue weighted by Gasteiger charge is -2.29. The molecule has 0 aliphatic carbocycles. The maximum Gasteiger partial charge on any atom is 0.245 e. The van der Waals surface area contributed by atoms with E-state index in [-0.39, 0.29) is 24.9 Å². The molecular weight excluding hydrogens is 458 g/mol. The highest BCUT2D eigenvalue weighted by Crippen LogP contribution is 2.18. The second-order valence-electron chi connectivity index (χ2n) is 9.38. The van der Waals surface area contributed by atoms with Crippen LogP contribution < -0.4 is 32.7 Å². The van der Waals surface area contributed by atoms with E-state index in [4.69, 9.17) is 11.5 Å². The normalized spacial score (nSPS) is 17.9. The molecule has 1 aliphatic rings. The van der Waals surface area contributed by atoms with Gasteiger partial charge in [0.15, 0.2) is 0 Å². The SMILES string of the molecule is CC(C)[C@H](N)C(=O)NCC(=O)N[C@H](C(=O)N[C@@H](C)C(=O)N1CCC[C@H]1C(=O)NCC(N)=O)C(C)C. The van der Waals surface area contributed by atoms with Crippen LogP contribution in [0.25, 0.3) is 0 Å². The average molecular weight is 498 g/mol. The molecule has 0 unspecified atom stereocenters. The van der Waals surface area contributed by atoms with Crippen molar-refractivity contribution < 1.29 is 28.8 Å². The summed E-state index contributed by atoms with van der Waals surface area (Å²) in [7, 11) is 0. The summed E-state index contributed by atoms with van der Waals surface area (Å²) in [6, 6.07) is -3.44. The lowest BCUT2D eigenvalue weighted by molar-refractivity contribution is -0.141. The molecule has 0 saturated carbocycles. The van der Waals surface area contributed by atoms with Crippen molar-refractivity contribution >= 4 is 35.4 Å². The second kappa shape index (κ2) is 13.6. The first-order chi connectivity index (χ1) is 16.3. The van der Waals surface area contributed by atoms with Crippen LogP contribution in [0.15, 0.2) is 0 Å². The summed E-state index contributed by atoms with van der Waals surface area (Å²) >= 11 is 0. The number of nitrogens with zero attached hydrogens (tertiary/aromatic N) is 1. The molecule has 35 heavy (non-hydrogen) atoms. The molecule has 1 rings (SSSR count). The van der Waals surface area contributed by atoms with Crippen molar-refractivity contribution in [2.45, 2.75) is 71.6 Å². The van der Waals surface area contributed by atoms with Gasteiger partial charge in [-0.25, -0.2) is 0 Å². The van der Waals surface area contributed by atoms with Gasteiger partial charge in [0.1, 0.15) is 18.1 Å². The van der Waals surface area contributed by atoms with Crippen molar-refractivity contribution in [3.63, 3.8) is 0 Å². The fourth-order valence-electron chi connectivity index (χ4n) is 3.56. The van der Waals surface area contributed by atoms with Crippen molar-refractivity contribution in [1.29, 1.82) is 0 Å². The maximum absolute atomic E-state index is 12.9. The average Bonchev–Trinajstić information content (AvgIpc) is 3.27. The summed E-state index contributed by atoms with van der Waals surface area (Å²) in [6.07, 6.45) is 1.02. The fraction of sp³-hybridized carbons (Fsp3) is 0.727. The zero-order chi connectivity index (χ0) is 26.9. The third-order valence-corrected chi connectivity index (χ3v) is 5.71. The van der Waals surface area contributed by atoms with Gasteiger partial charge in [0.25, 0.3) is 0 Å². The topological polar surface area (TPSA) is 206 Å². The summed E-state index contributed by atoms with van der Waals surface area (Å²) in [5.41, 5.74) is 10.8. The Balaban J connectivity index is 2.70. The van der Waals surface area contributed by atoms with Crippen molar-refractivity contribution in [2.75, 3.05) is 19.6 Å². The van der Waals surface area contributed by atoms with Crippen molar-refractivity contribution in [1.82, 2.24) is 26.2 Å². The van der Waals surface area contributed by atoms with Crippen LogP contribution in [0.4, 0.5) is 0 Å². The van der Waals surface area contributed by atoms with E-state index in [0.717, 1.165) is 0 Å². The van der Waals surface area contributed by atoms with Crippen LogP contribution in [0.2, 0.25) is 0 Å². The molecular formula is C22H39N7O6. The molecule has 0 aromatic rings. The summed E-state index contributed by atoms with van der Waals surface area (Å²) in [5.74, 6) is -3.68. The van der Waals surface area contributed by atoms with Crippen LogP contribution in [0, 0.1) is 11.8 Å². The standard InChI is InChI=1S/C22H39N7O6/c1-11(2)17(24)20(33)26-10-16(31)28-18(12(3)4)21(34)27-13(5)22(35)29-8-6-7-14(29)19(32)25-9-15(23)30/h11-14,17-18H,6-10,24H2,1-5H3,(H2,23,30)(H,25,32)(H,26,33)(H,27,34)(H,28,31)/t13-,14-,17-,18-/m0/s1. The predicted octanol–water partition coefficient (Wildman–Crippen LogP) is -2.68. The number of nitrogens with one attached hydrogen (secondary N) is 4. The first-order valence-electron chi connectivity index (χ1n) is 11.8. The molecule has 0 spiro atoms. The van der Waals surface area contributed by atoms with E-state index < -0.39 is 59.6 Å². The Labute approximate surface area is 205 Å². The number of hydrogen-bond acceptors (Lipinski definition) is 7. The van der Waals surface area contributed by atoms with Gasteiger partial charge in [-0.2, -0.15) is 0 Å². The zero-order valence-corrected chi connectivity index (χ0v) is 21.1. The third-order valence-electron chi connectivity index (χ3n) is 5.71. The quantitative estimate of drug-likeness (QED) is 0.168. The third kappa shape index (κ3) is 9.15. The number of carbonyl (C=O) groups excluding carboxylic acids is 6. The molecule has 1 fully saturated rings. The van der Waals surface area contributed by atoms with Gasteiger partial charge in [0.05, 0.1) is 19.1 Å². The number of carbonyl (C=O) groups is 6. The number of amides is 6. The molecule has 0 bridgehead atoms. The second-order valence-corrected chi connectivity index (χ2v) is 9.38. The van der Waals surface area contributed by atoms with Gasteiger partial charge in [-0.05, 0) is 31.6 Å². The van der Waals surface area contributed by atoms with Crippen molar-refractivity contribution in [3.05, 3.63) is 0 Å². The number of primary amides is 1. The van der Waals surface area contributed by atoms with Gasteiger partial charge >= 0.3 is 0 Å². The molecule has 1 saturated heterocycles. The van der Waals surface area contributed by atoms with Gasteiger partial charge in [-0.3, -0.25) is 28.8 Å². The van der Waals surface area contributed by atoms with Gasteiger partial charge in [0.2, 0.25) is 35.4 Å². The highest BCUT2D eigenvalue weighted by atomic mass is 16.2. The molecule has 198 valence electrons. The lowest BCUT2D eigenvalue weighted by Crippen LogP contribution is -2.57. The number of nitrogens with two attached hydrogens (primary N) is 2. The van der Waals surface area contributed by atoms with Gasteiger partial charge in [-0.1, -0.05) is 27.7 Å². The molecule has 0 aromatic carbocycles. The minimum Gasteiger partial charge on any atom is -0.368 e. The largest absolute Gasteiger partial charge is 0.368 e. The van der Waals surface area contributed by atoms with Gasteiger partial charge in [0, 0.05) is 6.54 Å². The van der Waals surface area contributed by atoms with Gasteiger partial charge in [-0.15, -0.1) is 0 Å². The molecule has 0 radical (unpaired) electrons. The maximum atomic E-state index is 12.9. The van der Waals surface area contributed by atoms with E-state index in [9.17, 15) is 28.8 Å². The Morgan fingerprint density at radius 3 is 2.06 bits per heavy atom. The van der Waals surface area contributed by atoms with E-state index in [1.807, 2.05) is 0 Å². The van der Waals surface area contributed by atoms with Crippen LogP contribution in [-0.4, -0.2) is 84.1 Å². The zero-order valence-electron chi connectivity index (χ0n) is 21.1. The molecule has 6 amide bonds. The highest BCUT2D eigenvalue weighted by molar-refractivity contribution is 5.95. The van der Waals surface area contributed by atoms with Crippen LogP contribution in [-0.2, 0) is 28.8 Å². The summed E-state index contributed by atoms with van der Waals surface area (Å²) in [6.45, 7) is 8.16. The highest BCUT2D eigenvalue weighted by Gasteiger charge is 2.37. The summed E-state index contributed by atoms with van der Waals surface area (Å²) in [4.78, 5) is 74.6. The molecule has 4 atom stereocenters. The van der Waals surface area contributed by atoms with E-state index >= 15 is 0 Å². The van der Waals surface area contributed by atoms with Crippen molar-refractivity contribution in [2.24, 2.45) is 23.3 Å². The Kier molecular flexibility index (Phi) is 11.6. The summed E-state index contributed by atoms with van der Waals surface area (Å²) in [5, 5.41) is 10.00. The van der Waals surface area contributed by atoms with E-state index in [2.05, 4.69) is 21.3 Å². The molecule has 0 aromatic heterocycles. The number of likely N-dealkylation sites (tertiary alicyclic amines) is 1. The Hall–Kier alpha value is -3.22. The summed E-state index contributed by atoms with van der Waals surface area (Å²) < 4.78 is 0. The Morgan fingerprint density at radius 2 is 1.51 bits per heavy atom. The van der Waals surface area contributed by atoms with E-state index in [1.54, 1.807) is 27.7 Å². The Bertz CT molecular complexity index is 816. The van der Waals surface area contributed by atoms with Crippen LogP contribution in [0.3, 0.4) is 0 Å². The smallest absolute Gasteiger partial charge is 0.245 e. The first kappa shape index (κ1) is 29.8. The number of rotatable bonds is 12. The van der Waals surface area contributed by atoms with E-state index in [1.165, 1.54) is 11.8 Å². The minimum atomic E-state index is -0.964.